The molecule has 0 radical (unpaired) electrons. The molecule has 0 aliphatic rings. The maximum Gasteiger partial charge on any atom is 0.251 e. The summed E-state index contributed by atoms with van der Waals surface area (Å²) in [5.41, 5.74) is 0.129. The van der Waals surface area contributed by atoms with Gasteiger partial charge in [0.1, 0.15) is 6.04 Å². The molecule has 8 heteroatoms. The lowest BCUT2D eigenvalue weighted by atomic mass is 10.2. The molecule has 1 aromatic carbocycles. The summed E-state index contributed by atoms with van der Waals surface area (Å²) in [6.07, 6.45) is 5.02. The van der Waals surface area contributed by atoms with Gasteiger partial charge in [-0.05, 0) is 32.0 Å². The Kier molecular flexibility index (Phi) is 6.75. The number of carbonyl (C=O) groups excluding carboxylic acids is 2. The van der Waals surface area contributed by atoms with E-state index in [2.05, 4.69) is 21.3 Å². The largest absolute Gasteiger partial charge is 0.355 e. The topological polar surface area (TPSA) is 104 Å². The highest BCUT2D eigenvalue weighted by Gasteiger charge is 2.18. The van der Waals surface area contributed by atoms with Gasteiger partial charge in [0.2, 0.25) is 15.9 Å². The number of hydrogen-bond donors (Lipinski definition) is 3. The monoisotopic (exact) mass is 337 g/mol. The van der Waals surface area contributed by atoms with Crippen molar-refractivity contribution in [3.63, 3.8) is 0 Å². The van der Waals surface area contributed by atoms with E-state index in [1.54, 1.807) is 6.92 Å². The molecular weight excluding hydrogens is 318 g/mol. The molecule has 23 heavy (non-hydrogen) atoms. The van der Waals surface area contributed by atoms with Crippen molar-refractivity contribution in [3.8, 4) is 12.3 Å². The predicted molar refractivity (Wildman–Crippen MR) is 86.1 cm³/mol. The molecular formula is C15H19N3O4S. The molecule has 1 aromatic rings. The summed E-state index contributed by atoms with van der Waals surface area (Å²) in [5, 5.41) is 5.09. The van der Waals surface area contributed by atoms with Crippen LogP contribution in [-0.4, -0.2) is 39.4 Å². The van der Waals surface area contributed by atoms with Gasteiger partial charge in [-0.3, -0.25) is 9.59 Å². The van der Waals surface area contributed by atoms with Crippen molar-refractivity contribution in [1.82, 2.24) is 15.4 Å². The highest BCUT2D eigenvalue weighted by Crippen LogP contribution is 2.11. The average Bonchev–Trinajstić information content (AvgIpc) is 2.53. The van der Waals surface area contributed by atoms with Gasteiger partial charge in [0.05, 0.1) is 11.4 Å². The van der Waals surface area contributed by atoms with Crippen LogP contribution in [0.15, 0.2) is 29.2 Å². The number of carbonyl (C=O) groups is 2. The van der Waals surface area contributed by atoms with E-state index in [1.165, 1.54) is 31.2 Å². The fraction of sp³-hybridized carbons (Fsp3) is 0.333. The highest BCUT2D eigenvalue weighted by atomic mass is 32.2. The minimum atomic E-state index is -3.78. The lowest BCUT2D eigenvalue weighted by Crippen LogP contribution is -2.44. The second-order valence-corrected chi connectivity index (χ2v) is 6.41. The van der Waals surface area contributed by atoms with Crippen molar-refractivity contribution in [2.45, 2.75) is 24.8 Å². The molecule has 2 amide bonds. The Balaban J connectivity index is 2.90. The minimum Gasteiger partial charge on any atom is -0.355 e. The van der Waals surface area contributed by atoms with E-state index in [-0.39, 0.29) is 22.9 Å². The summed E-state index contributed by atoms with van der Waals surface area (Å²) < 4.78 is 26.2. The maximum absolute atomic E-state index is 12.1. The van der Waals surface area contributed by atoms with Gasteiger partial charge in [0, 0.05) is 12.1 Å². The van der Waals surface area contributed by atoms with Gasteiger partial charge in [-0.15, -0.1) is 6.42 Å². The van der Waals surface area contributed by atoms with E-state index >= 15 is 0 Å². The first-order valence-electron chi connectivity index (χ1n) is 6.93. The van der Waals surface area contributed by atoms with E-state index in [0.717, 1.165) is 0 Å². The average molecular weight is 337 g/mol. The van der Waals surface area contributed by atoms with Crippen LogP contribution >= 0.6 is 0 Å². The van der Waals surface area contributed by atoms with E-state index in [4.69, 9.17) is 6.42 Å². The van der Waals surface area contributed by atoms with Gasteiger partial charge in [-0.2, -0.15) is 4.72 Å². The van der Waals surface area contributed by atoms with Crippen LogP contribution in [0.3, 0.4) is 0 Å². The van der Waals surface area contributed by atoms with Crippen molar-refractivity contribution in [2.75, 3.05) is 13.1 Å². The van der Waals surface area contributed by atoms with Gasteiger partial charge in [-0.1, -0.05) is 12.0 Å². The molecule has 3 N–H and O–H groups in total. The molecule has 0 heterocycles. The minimum absolute atomic E-state index is 0.0777. The Morgan fingerprint density at radius 1 is 1.35 bits per heavy atom. The van der Waals surface area contributed by atoms with Crippen molar-refractivity contribution in [3.05, 3.63) is 29.8 Å². The zero-order valence-corrected chi connectivity index (χ0v) is 13.7. The van der Waals surface area contributed by atoms with Crippen LogP contribution in [0.4, 0.5) is 0 Å². The molecule has 0 bridgehead atoms. The van der Waals surface area contributed by atoms with E-state index in [1.807, 2.05) is 0 Å². The Labute approximate surface area is 135 Å². The summed E-state index contributed by atoms with van der Waals surface area (Å²) in [5.74, 6) is 1.30. The van der Waals surface area contributed by atoms with Gasteiger partial charge >= 0.3 is 0 Å². The standard InChI is InChI=1S/C15H19N3O4S/c1-4-9-17-23(21,22)13-8-6-7-12(10-13)15(20)18-11(3)14(19)16-5-2/h1,6-8,10-11,17H,5,9H2,2-3H3,(H,16,19)(H,18,20)/t11-/m1/s1. The third-order valence-electron chi connectivity index (χ3n) is 2.86. The van der Waals surface area contributed by atoms with Crippen molar-refractivity contribution in [2.24, 2.45) is 0 Å². The molecule has 0 aromatic heterocycles. The van der Waals surface area contributed by atoms with Crippen LogP contribution in [0.5, 0.6) is 0 Å². The molecule has 0 saturated carbocycles. The van der Waals surface area contributed by atoms with Crippen LogP contribution in [0.25, 0.3) is 0 Å². The number of hydrogen-bond acceptors (Lipinski definition) is 4. The van der Waals surface area contributed by atoms with Crippen LogP contribution in [0.1, 0.15) is 24.2 Å². The summed E-state index contributed by atoms with van der Waals surface area (Å²) >= 11 is 0. The quantitative estimate of drug-likeness (QED) is 0.602. The second kappa shape index (κ2) is 8.31. The predicted octanol–water partition coefficient (Wildman–Crippen LogP) is -0.147. The highest BCUT2D eigenvalue weighted by molar-refractivity contribution is 7.89. The van der Waals surface area contributed by atoms with Crippen LogP contribution < -0.4 is 15.4 Å². The van der Waals surface area contributed by atoms with E-state index in [0.29, 0.717) is 6.54 Å². The van der Waals surface area contributed by atoms with Crippen molar-refractivity contribution in [1.29, 1.82) is 0 Å². The third kappa shape index (κ3) is 5.39. The van der Waals surface area contributed by atoms with Crippen molar-refractivity contribution >= 4 is 21.8 Å². The first kappa shape index (κ1) is 18.7. The number of rotatable bonds is 7. The maximum atomic E-state index is 12.1. The molecule has 1 atom stereocenters. The lowest BCUT2D eigenvalue weighted by Gasteiger charge is -2.13. The van der Waals surface area contributed by atoms with E-state index < -0.39 is 22.0 Å². The first-order chi connectivity index (χ1) is 10.8. The first-order valence-corrected chi connectivity index (χ1v) is 8.42. The molecule has 0 aliphatic carbocycles. The number of nitrogens with one attached hydrogen (secondary N) is 3. The van der Waals surface area contributed by atoms with Crippen molar-refractivity contribution < 1.29 is 18.0 Å². The third-order valence-corrected chi connectivity index (χ3v) is 4.26. The Morgan fingerprint density at radius 2 is 2.04 bits per heavy atom. The Hall–Kier alpha value is -2.37. The Bertz CT molecular complexity index is 722. The summed E-state index contributed by atoms with van der Waals surface area (Å²) in [4.78, 5) is 23.6. The van der Waals surface area contributed by atoms with Gasteiger partial charge in [0.15, 0.2) is 0 Å². The molecule has 0 fully saturated rings. The zero-order valence-electron chi connectivity index (χ0n) is 12.9. The molecule has 124 valence electrons. The fourth-order valence-corrected chi connectivity index (χ4v) is 2.68. The lowest BCUT2D eigenvalue weighted by molar-refractivity contribution is -0.122. The summed E-state index contributed by atoms with van der Waals surface area (Å²) in [6.45, 7) is 3.61. The summed E-state index contributed by atoms with van der Waals surface area (Å²) in [6, 6.07) is 4.74. The SMILES string of the molecule is C#CCNS(=O)(=O)c1cccc(C(=O)N[C@H](C)C(=O)NCC)c1. The number of likely N-dealkylation sites (N-methyl/N-ethyl adjacent to an activating group) is 1. The number of benzene rings is 1. The zero-order chi connectivity index (χ0) is 17.5. The van der Waals surface area contributed by atoms with Crippen LogP contribution in [0.2, 0.25) is 0 Å². The molecule has 0 unspecified atom stereocenters. The number of sulfonamides is 1. The number of amides is 2. The molecule has 0 saturated heterocycles. The summed E-state index contributed by atoms with van der Waals surface area (Å²) in [7, 11) is -3.78. The van der Waals surface area contributed by atoms with Gasteiger partial charge < -0.3 is 10.6 Å². The van der Waals surface area contributed by atoms with E-state index in [9.17, 15) is 18.0 Å². The Morgan fingerprint density at radius 3 is 2.65 bits per heavy atom. The smallest absolute Gasteiger partial charge is 0.251 e. The molecule has 0 spiro atoms. The normalized spacial score (nSPS) is 12.0. The molecule has 0 aliphatic heterocycles. The van der Waals surface area contributed by atoms with Crippen LogP contribution in [0, 0.1) is 12.3 Å². The molecule has 1 rings (SSSR count). The second-order valence-electron chi connectivity index (χ2n) is 4.65. The fourth-order valence-electron chi connectivity index (χ4n) is 1.70. The van der Waals surface area contributed by atoms with Gasteiger partial charge in [-0.25, -0.2) is 8.42 Å². The van der Waals surface area contributed by atoms with Crippen LogP contribution in [-0.2, 0) is 14.8 Å². The van der Waals surface area contributed by atoms with Gasteiger partial charge in [0.25, 0.3) is 5.91 Å². The number of terminal acetylenes is 1. The molecule has 7 nitrogen and oxygen atoms in total.